The van der Waals surface area contributed by atoms with Crippen LogP contribution < -0.4 is 11.1 Å². The van der Waals surface area contributed by atoms with Crippen LogP contribution in [0.1, 0.15) is 52.4 Å². The third kappa shape index (κ3) is 3.81. The zero-order chi connectivity index (χ0) is 17.3. The third-order valence-electron chi connectivity index (χ3n) is 6.21. The molecule has 3 rings (SSSR count). The minimum atomic E-state index is -0.392. The Morgan fingerprint density at radius 3 is 2.88 bits per heavy atom. The second-order valence-corrected chi connectivity index (χ2v) is 9.27. The van der Waals surface area contributed by atoms with Crippen molar-refractivity contribution in [2.24, 2.45) is 29.4 Å². The first-order valence-electron chi connectivity index (χ1n) is 9.33. The maximum Gasteiger partial charge on any atom is 0.108 e. The first-order chi connectivity index (χ1) is 11.4. The second kappa shape index (κ2) is 7.35. The number of aliphatic hydroxyl groups excluding tert-OH is 1. The summed E-state index contributed by atoms with van der Waals surface area (Å²) < 4.78 is 1.05. The number of nitrogens with two attached hydrogens (primary N) is 1. The summed E-state index contributed by atoms with van der Waals surface area (Å²) >= 11 is 3.59. The summed E-state index contributed by atoms with van der Waals surface area (Å²) in [5.41, 5.74) is 6.80. The Labute approximate surface area is 154 Å². The molecular formula is C20H31BrN2O. The van der Waals surface area contributed by atoms with Crippen molar-refractivity contribution in [2.75, 3.05) is 0 Å². The van der Waals surface area contributed by atoms with Crippen molar-refractivity contribution in [1.29, 1.82) is 0 Å². The molecule has 2 saturated carbocycles. The molecule has 0 saturated heterocycles. The summed E-state index contributed by atoms with van der Waals surface area (Å²) in [6.45, 7) is 4.36. The largest absolute Gasteiger partial charge is 0.404 e. The summed E-state index contributed by atoms with van der Waals surface area (Å²) in [7, 11) is 0. The van der Waals surface area contributed by atoms with E-state index in [4.69, 9.17) is 5.73 Å². The number of rotatable bonds is 5. The molecule has 0 radical (unpaired) electrons. The fourth-order valence-electron chi connectivity index (χ4n) is 4.93. The predicted octanol–water partition coefficient (Wildman–Crippen LogP) is 4.20. The molecule has 134 valence electrons. The van der Waals surface area contributed by atoms with Crippen LogP contribution in [0.2, 0.25) is 0 Å². The van der Waals surface area contributed by atoms with Gasteiger partial charge in [-0.1, -0.05) is 47.3 Å². The lowest BCUT2D eigenvalue weighted by Crippen LogP contribution is -2.56. The lowest BCUT2D eigenvalue weighted by Gasteiger charge is -2.51. The van der Waals surface area contributed by atoms with Gasteiger partial charge in [-0.05, 0) is 62.8 Å². The van der Waals surface area contributed by atoms with Crippen LogP contribution in [0.25, 0.3) is 0 Å². The molecule has 5 atom stereocenters. The molecule has 0 heterocycles. The highest BCUT2D eigenvalue weighted by Crippen LogP contribution is 2.50. The molecule has 4 N–H and O–H groups in total. The van der Waals surface area contributed by atoms with Crippen LogP contribution in [-0.2, 0) is 0 Å². The van der Waals surface area contributed by atoms with Gasteiger partial charge in [-0.15, -0.1) is 0 Å². The summed E-state index contributed by atoms with van der Waals surface area (Å²) in [4.78, 5) is 0. The van der Waals surface area contributed by atoms with Crippen molar-refractivity contribution >= 4 is 15.9 Å². The lowest BCUT2D eigenvalue weighted by atomic mass is 9.58. The predicted molar refractivity (Wildman–Crippen MR) is 103 cm³/mol. The zero-order valence-corrected chi connectivity index (χ0v) is 16.4. The Bertz CT molecular complexity index is 552. The van der Waals surface area contributed by atoms with Gasteiger partial charge in [0.05, 0.1) is 0 Å². The molecule has 0 aromatic rings. The summed E-state index contributed by atoms with van der Waals surface area (Å²) in [5.74, 6) is 2.32. The average molecular weight is 395 g/mol. The molecule has 24 heavy (non-hydrogen) atoms. The van der Waals surface area contributed by atoms with E-state index in [9.17, 15) is 5.11 Å². The highest BCUT2D eigenvalue weighted by atomic mass is 79.9. The molecular weight excluding hydrogens is 364 g/mol. The highest BCUT2D eigenvalue weighted by Gasteiger charge is 2.46. The lowest BCUT2D eigenvalue weighted by molar-refractivity contribution is -0.0792. The number of fused-ring (bicyclic) bond motifs is 1. The summed E-state index contributed by atoms with van der Waals surface area (Å²) in [6, 6.07) is 0. The number of halogens is 1. The smallest absolute Gasteiger partial charge is 0.108 e. The van der Waals surface area contributed by atoms with Crippen LogP contribution in [0.3, 0.4) is 0 Å². The van der Waals surface area contributed by atoms with Crippen molar-refractivity contribution in [3.8, 4) is 0 Å². The van der Waals surface area contributed by atoms with Gasteiger partial charge >= 0.3 is 0 Å². The molecule has 3 aliphatic rings. The number of hydrogen-bond donors (Lipinski definition) is 3. The number of nitrogens with one attached hydrogen (secondary N) is 1. The molecule has 4 heteroatoms. The van der Waals surface area contributed by atoms with E-state index in [1.54, 1.807) is 6.20 Å². The van der Waals surface area contributed by atoms with Gasteiger partial charge in [-0.2, -0.15) is 0 Å². The van der Waals surface area contributed by atoms with Crippen molar-refractivity contribution in [3.63, 3.8) is 0 Å². The van der Waals surface area contributed by atoms with Gasteiger partial charge in [0.2, 0.25) is 0 Å². The molecule has 0 spiro atoms. The molecule has 3 aliphatic carbocycles. The second-order valence-electron chi connectivity index (χ2n) is 8.41. The van der Waals surface area contributed by atoms with E-state index in [0.717, 1.165) is 28.3 Å². The molecule has 3 nitrogen and oxygen atoms in total. The van der Waals surface area contributed by atoms with Gasteiger partial charge in [-0.25, -0.2) is 0 Å². The summed E-state index contributed by atoms with van der Waals surface area (Å²) in [6.07, 6.45) is 15.1. The van der Waals surface area contributed by atoms with Gasteiger partial charge in [0, 0.05) is 21.9 Å². The molecule has 0 bridgehead atoms. The average Bonchev–Trinajstić information content (AvgIpc) is 2.47. The molecule has 0 aromatic carbocycles. The minimum Gasteiger partial charge on any atom is -0.404 e. The Morgan fingerprint density at radius 2 is 2.17 bits per heavy atom. The zero-order valence-electron chi connectivity index (χ0n) is 14.8. The number of aliphatic hydroxyl groups is 1. The van der Waals surface area contributed by atoms with E-state index < -0.39 is 6.23 Å². The van der Waals surface area contributed by atoms with E-state index >= 15 is 0 Å². The van der Waals surface area contributed by atoms with E-state index in [2.05, 4.69) is 47.2 Å². The van der Waals surface area contributed by atoms with E-state index in [0.29, 0.717) is 5.92 Å². The molecule has 0 aliphatic heterocycles. The van der Waals surface area contributed by atoms with Gasteiger partial charge in [-0.3, -0.25) is 5.32 Å². The van der Waals surface area contributed by atoms with Gasteiger partial charge in [0.25, 0.3) is 0 Å². The topological polar surface area (TPSA) is 58.3 Å². The molecule has 0 amide bonds. The van der Waals surface area contributed by atoms with Gasteiger partial charge < -0.3 is 10.8 Å². The molecule has 0 aromatic heterocycles. The van der Waals surface area contributed by atoms with E-state index in [-0.39, 0.29) is 11.5 Å². The Hall–Kier alpha value is -0.580. The number of hydrogen-bond acceptors (Lipinski definition) is 3. The van der Waals surface area contributed by atoms with E-state index in [1.165, 1.54) is 32.1 Å². The van der Waals surface area contributed by atoms with Crippen LogP contribution in [0, 0.1) is 23.7 Å². The first-order valence-corrected chi connectivity index (χ1v) is 10.1. The van der Waals surface area contributed by atoms with Crippen molar-refractivity contribution < 1.29 is 5.11 Å². The highest BCUT2D eigenvalue weighted by molar-refractivity contribution is 9.12. The molecule has 4 unspecified atom stereocenters. The van der Waals surface area contributed by atoms with Crippen molar-refractivity contribution in [2.45, 2.75) is 64.1 Å². The van der Waals surface area contributed by atoms with Crippen LogP contribution in [-0.4, -0.2) is 16.9 Å². The summed E-state index contributed by atoms with van der Waals surface area (Å²) in [5, 5.41) is 14.3. The maximum absolute atomic E-state index is 10.8. The van der Waals surface area contributed by atoms with Crippen LogP contribution >= 0.6 is 15.9 Å². The third-order valence-corrected chi connectivity index (χ3v) is 6.93. The standard InChI is InChI=1S/C20H31BrN2O/c1-20(2,11-14-7-5-9-18(21)17(14)12-22)23-19(24)16-10-13-6-3-4-8-15(13)16/h5,7,9,12-16,19,23-24H,3-4,6,8,10-11,22H2,1-2H3/b17-12+/t13?,14?,15?,16-,19?/m1/s1. The quantitative estimate of drug-likeness (QED) is 0.612. The van der Waals surface area contributed by atoms with Crippen LogP contribution in [0.5, 0.6) is 0 Å². The Kier molecular flexibility index (Phi) is 5.58. The van der Waals surface area contributed by atoms with Gasteiger partial charge in [0.15, 0.2) is 0 Å². The molecule has 2 fully saturated rings. The fourth-order valence-corrected chi connectivity index (χ4v) is 5.51. The monoisotopic (exact) mass is 394 g/mol. The minimum absolute atomic E-state index is 0.146. The van der Waals surface area contributed by atoms with Crippen LogP contribution in [0.15, 0.2) is 34.5 Å². The van der Waals surface area contributed by atoms with Crippen molar-refractivity contribution in [1.82, 2.24) is 5.32 Å². The fraction of sp³-hybridized carbons (Fsp3) is 0.700. The Balaban J connectivity index is 1.57. The normalized spacial score (nSPS) is 36.0. The van der Waals surface area contributed by atoms with Gasteiger partial charge in [0.1, 0.15) is 6.23 Å². The van der Waals surface area contributed by atoms with E-state index in [1.807, 2.05) is 6.08 Å². The SMILES string of the molecule is CC(C)(CC1C=CC=C(Br)/C1=C/N)NC(O)[C@@H]1CC2CCCCC21. The first kappa shape index (κ1) is 18.2. The van der Waals surface area contributed by atoms with Crippen LogP contribution in [0.4, 0.5) is 0 Å². The maximum atomic E-state index is 10.8. The van der Waals surface area contributed by atoms with Crippen molar-refractivity contribution in [3.05, 3.63) is 34.5 Å². The number of allylic oxidation sites excluding steroid dienone is 5. The Morgan fingerprint density at radius 1 is 1.42 bits per heavy atom.